The minimum absolute atomic E-state index is 0.0376. The van der Waals surface area contributed by atoms with Gasteiger partial charge in [-0.25, -0.2) is 8.42 Å². The molecule has 2 heterocycles. The van der Waals surface area contributed by atoms with Crippen LogP contribution in [0.2, 0.25) is 0 Å². The van der Waals surface area contributed by atoms with Crippen molar-refractivity contribution in [3.63, 3.8) is 0 Å². The van der Waals surface area contributed by atoms with Crippen LogP contribution >= 0.6 is 0 Å². The highest BCUT2D eigenvalue weighted by Gasteiger charge is 2.47. The molecule has 2 aliphatic heterocycles. The number of rotatable bonds is 5. The Bertz CT molecular complexity index is 944. The molecule has 0 spiro atoms. The molecule has 0 aliphatic carbocycles. The summed E-state index contributed by atoms with van der Waals surface area (Å²) in [4.78, 5) is 15.6. The summed E-state index contributed by atoms with van der Waals surface area (Å²) in [6.07, 6.45) is 2.70. The molecule has 4 rings (SSSR count). The van der Waals surface area contributed by atoms with Crippen molar-refractivity contribution in [3.05, 3.63) is 60.2 Å². The second-order valence-corrected chi connectivity index (χ2v) is 9.71. The van der Waals surface area contributed by atoms with Crippen LogP contribution in [0.5, 0.6) is 5.75 Å². The van der Waals surface area contributed by atoms with Gasteiger partial charge in [-0.15, -0.1) is 0 Å². The summed E-state index contributed by atoms with van der Waals surface area (Å²) in [5, 5.41) is -0.432. The van der Waals surface area contributed by atoms with Gasteiger partial charge in [-0.2, -0.15) is 0 Å². The fourth-order valence-corrected chi connectivity index (χ4v) is 6.45. The van der Waals surface area contributed by atoms with E-state index in [-0.39, 0.29) is 18.0 Å². The number of piperidine rings is 1. The first-order valence-electron chi connectivity index (χ1n) is 9.85. The van der Waals surface area contributed by atoms with Gasteiger partial charge in [0.2, 0.25) is 0 Å². The van der Waals surface area contributed by atoms with Gasteiger partial charge in [-0.05, 0) is 56.9 Å². The number of hydrogen-bond donors (Lipinski definition) is 0. The zero-order valence-corrected chi connectivity index (χ0v) is 16.8. The van der Waals surface area contributed by atoms with Crippen LogP contribution in [0.3, 0.4) is 0 Å². The van der Waals surface area contributed by atoms with Gasteiger partial charge in [-0.3, -0.25) is 4.79 Å². The topological polar surface area (TPSA) is 63.7 Å². The maximum absolute atomic E-state index is 13.3. The Morgan fingerprint density at radius 1 is 1.00 bits per heavy atom. The summed E-state index contributed by atoms with van der Waals surface area (Å²) in [5.41, 5.74) is 0.561. The molecule has 6 heteroatoms. The van der Waals surface area contributed by atoms with E-state index in [4.69, 9.17) is 4.74 Å². The Labute approximate surface area is 166 Å². The number of amides is 1. The molecule has 28 heavy (non-hydrogen) atoms. The van der Waals surface area contributed by atoms with Crippen molar-refractivity contribution < 1.29 is 17.9 Å². The minimum Gasteiger partial charge on any atom is -0.493 e. The third-order valence-corrected chi connectivity index (χ3v) is 8.04. The summed E-state index contributed by atoms with van der Waals surface area (Å²) in [5.74, 6) is 0.542. The van der Waals surface area contributed by atoms with Crippen molar-refractivity contribution in [2.45, 2.75) is 54.8 Å². The Hall–Kier alpha value is -2.34. The van der Waals surface area contributed by atoms with Crippen LogP contribution in [0, 0.1) is 0 Å². The molecule has 2 aromatic rings. The van der Waals surface area contributed by atoms with Crippen LogP contribution in [0.1, 0.15) is 43.0 Å². The first kappa shape index (κ1) is 19.0. The van der Waals surface area contributed by atoms with Gasteiger partial charge in [0.1, 0.15) is 5.75 Å². The van der Waals surface area contributed by atoms with E-state index >= 15 is 0 Å². The van der Waals surface area contributed by atoms with Gasteiger partial charge < -0.3 is 9.64 Å². The molecule has 0 aromatic heterocycles. The fourth-order valence-electron chi connectivity index (χ4n) is 4.58. The standard InChI is InChI=1S/C22H25NO4S/c1-2-27-21-11-7-6-10-20(21)22(24)23-16-12-13-17(23)15-19(14-16)28(25,26)18-8-4-3-5-9-18/h3-11,16-17,19H,2,12-15H2,1H3/t16-,17+,19?. The van der Waals surface area contributed by atoms with Gasteiger partial charge in [0.05, 0.1) is 22.3 Å². The molecule has 5 nitrogen and oxygen atoms in total. The predicted octanol–water partition coefficient (Wildman–Crippen LogP) is 3.69. The fraction of sp³-hybridized carbons (Fsp3) is 0.409. The number of nitrogens with zero attached hydrogens (tertiary/aromatic N) is 1. The van der Waals surface area contributed by atoms with Gasteiger partial charge in [0, 0.05) is 12.1 Å². The lowest BCUT2D eigenvalue weighted by atomic mass is 10.0. The SMILES string of the molecule is CCOc1ccccc1C(=O)N1[C@@H]2CC[C@H]1CC(S(=O)(=O)c1ccccc1)C2. The number of fused-ring (bicyclic) bond motifs is 2. The van der Waals surface area contributed by atoms with E-state index in [1.807, 2.05) is 36.1 Å². The number of benzene rings is 2. The lowest BCUT2D eigenvalue weighted by Gasteiger charge is -2.39. The molecule has 148 valence electrons. The van der Waals surface area contributed by atoms with Gasteiger partial charge >= 0.3 is 0 Å². The monoisotopic (exact) mass is 399 g/mol. The van der Waals surface area contributed by atoms with Crippen LogP contribution in [-0.2, 0) is 9.84 Å². The second kappa shape index (κ2) is 7.59. The number of carbonyl (C=O) groups excluding carboxylic acids is 1. The van der Waals surface area contributed by atoms with Gasteiger partial charge in [0.15, 0.2) is 9.84 Å². The van der Waals surface area contributed by atoms with Crippen molar-refractivity contribution >= 4 is 15.7 Å². The lowest BCUT2D eigenvalue weighted by molar-refractivity contribution is 0.0594. The van der Waals surface area contributed by atoms with Crippen LogP contribution in [0.25, 0.3) is 0 Å². The molecule has 0 saturated carbocycles. The normalized spacial score (nSPS) is 24.2. The molecule has 2 aliphatic rings. The number of ether oxygens (including phenoxy) is 1. The van der Waals surface area contributed by atoms with E-state index in [1.165, 1.54) is 0 Å². The third kappa shape index (κ3) is 3.30. The van der Waals surface area contributed by atoms with Gasteiger partial charge in [-0.1, -0.05) is 30.3 Å². The summed E-state index contributed by atoms with van der Waals surface area (Å²) in [6, 6.07) is 15.9. The largest absolute Gasteiger partial charge is 0.493 e. The number of carbonyl (C=O) groups is 1. The predicted molar refractivity (Wildman–Crippen MR) is 107 cm³/mol. The van der Waals surface area contributed by atoms with Crippen molar-refractivity contribution in [1.29, 1.82) is 0 Å². The van der Waals surface area contributed by atoms with Crippen molar-refractivity contribution in [2.24, 2.45) is 0 Å². The number of para-hydroxylation sites is 1. The smallest absolute Gasteiger partial charge is 0.258 e. The zero-order valence-electron chi connectivity index (χ0n) is 16.0. The summed E-state index contributed by atoms with van der Waals surface area (Å²) in [6.45, 7) is 2.39. The molecule has 0 radical (unpaired) electrons. The van der Waals surface area contributed by atoms with Crippen molar-refractivity contribution in [1.82, 2.24) is 4.90 Å². The number of hydrogen-bond acceptors (Lipinski definition) is 4. The first-order chi connectivity index (χ1) is 13.5. The van der Waals surface area contributed by atoms with E-state index in [0.29, 0.717) is 35.7 Å². The van der Waals surface area contributed by atoms with E-state index in [9.17, 15) is 13.2 Å². The molecule has 3 atom stereocenters. The summed E-state index contributed by atoms with van der Waals surface area (Å²) < 4.78 is 31.8. The van der Waals surface area contributed by atoms with Crippen LogP contribution < -0.4 is 4.74 Å². The quantitative estimate of drug-likeness (QED) is 0.769. The molecular weight excluding hydrogens is 374 g/mol. The van der Waals surface area contributed by atoms with Crippen molar-refractivity contribution in [2.75, 3.05) is 6.61 Å². The maximum Gasteiger partial charge on any atom is 0.258 e. The Kier molecular flexibility index (Phi) is 5.15. The Morgan fingerprint density at radius 3 is 2.25 bits per heavy atom. The Balaban J connectivity index is 1.58. The molecule has 2 saturated heterocycles. The summed E-state index contributed by atoms with van der Waals surface area (Å²) >= 11 is 0. The minimum atomic E-state index is -3.38. The highest BCUT2D eigenvalue weighted by atomic mass is 32.2. The second-order valence-electron chi connectivity index (χ2n) is 7.48. The first-order valence-corrected chi connectivity index (χ1v) is 11.4. The van der Waals surface area contributed by atoms with Crippen molar-refractivity contribution in [3.8, 4) is 5.75 Å². The summed E-state index contributed by atoms with van der Waals surface area (Å²) in [7, 11) is -3.38. The van der Waals surface area contributed by atoms with E-state index in [0.717, 1.165) is 12.8 Å². The molecule has 2 aromatic carbocycles. The highest BCUT2D eigenvalue weighted by molar-refractivity contribution is 7.92. The van der Waals surface area contributed by atoms with Crippen LogP contribution in [0.4, 0.5) is 0 Å². The molecular formula is C22H25NO4S. The maximum atomic E-state index is 13.3. The average Bonchev–Trinajstić information content (AvgIpc) is 2.97. The average molecular weight is 400 g/mol. The van der Waals surface area contributed by atoms with Crippen LogP contribution in [-0.4, -0.2) is 43.2 Å². The molecule has 2 bridgehead atoms. The molecule has 0 N–H and O–H groups in total. The molecule has 1 unspecified atom stereocenters. The van der Waals surface area contributed by atoms with E-state index in [2.05, 4.69) is 0 Å². The molecule has 1 amide bonds. The number of sulfone groups is 1. The molecule has 2 fully saturated rings. The van der Waals surface area contributed by atoms with Gasteiger partial charge in [0.25, 0.3) is 5.91 Å². The van der Waals surface area contributed by atoms with E-state index in [1.54, 1.807) is 30.3 Å². The highest BCUT2D eigenvalue weighted by Crippen LogP contribution is 2.41. The van der Waals surface area contributed by atoms with E-state index < -0.39 is 15.1 Å². The lowest BCUT2D eigenvalue weighted by Crippen LogP contribution is -2.49. The zero-order chi connectivity index (χ0) is 19.7. The van der Waals surface area contributed by atoms with Crippen LogP contribution in [0.15, 0.2) is 59.5 Å². The Morgan fingerprint density at radius 2 is 1.61 bits per heavy atom. The third-order valence-electron chi connectivity index (χ3n) is 5.85.